The number of amides is 1. The second-order valence-corrected chi connectivity index (χ2v) is 6.33. The van der Waals surface area contributed by atoms with Gasteiger partial charge >= 0.3 is 5.97 Å². The molecule has 0 aliphatic heterocycles. The van der Waals surface area contributed by atoms with Crippen molar-refractivity contribution in [2.24, 2.45) is 11.3 Å². The summed E-state index contributed by atoms with van der Waals surface area (Å²) < 4.78 is 5.39. The average Bonchev–Trinajstić information content (AvgIpc) is 2.44. The van der Waals surface area contributed by atoms with Gasteiger partial charge in [-0.25, -0.2) is 0 Å². The molecule has 0 spiro atoms. The average molecular weight is 307 g/mol. The molecule has 0 saturated carbocycles. The summed E-state index contributed by atoms with van der Waals surface area (Å²) in [7, 11) is 0. The third kappa shape index (κ3) is 4.76. The van der Waals surface area contributed by atoms with E-state index in [1.807, 2.05) is 27.7 Å². The van der Waals surface area contributed by atoms with E-state index in [-0.39, 0.29) is 12.5 Å². The smallest absolute Gasteiger partial charge is 0.308 e. The summed E-state index contributed by atoms with van der Waals surface area (Å²) in [5.41, 5.74) is 0.0908. The summed E-state index contributed by atoms with van der Waals surface area (Å²) in [5, 5.41) is 9.12. The van der Waals surface area contributed by atoms with Gasteiger partial charge in [0, 0.05) is 17.6 Å². The van der Waals surface area contributed by atoms with Crippen LogP contribution in [0.4, 0.5) is 5.69 Å². The molecule has 0 aliphatic carbocycles. The standard InChI is InChI=1S/C17H25NO4/c1-6-22-14-9-7-13(8-10-14)18(11-12(2)15(19)20)16(21)17(3,4)5/h7-10,12H,6,11H2,1-5H3,(H,19,20). The number of hydrogen-bond acceptors (Lipinski definition) is 3. The van der Waals surface area contributed by atoms with Crippen LogP contribution in [0.1, 0.15) is 34.6 Å². The fraction of sp³-hybridized carbons (Fsp3) is 0.529. The van der Waals surface area contributed by atoms with Crippen molar-refractivity contribution in [3.8, 4) is 5.75 Å². The molecule has 1 unspecified atom stereocenters. The van der Waals surface area contributed by atoms with Gasteiger partial charge in [0.05, 0.1) is 12.5 Å². The molecule has 1 aromatic rings. The van der Waals surface area contributed by atoms with Gasteiger partial charge < -0.3 is 14.7 Å². The van der Waals surface area contributed by atoms with E-state index in [2.05, 4.69) is 0 Å². The van der Waals surface area contributed by atoms with Crippen LogP contribution >= 0.6 is 0 Å². The minimum atomic E-state index is -0.919. The van der Waals surface area contributed by atoms with E-state index in [1.165, 1.54) is 4.90 Å². The van der Waals surface area contributed by atoms with Crippen LogP contribution in [0.25, 0.3) is 0 Å². The first-order valence-corrected chi connectivity index (χ1v) is 7.44. The Morgan fingerprint density at radius 1 is 1.23 bits per heavy atom. The Morgan fingerprint density at radius 3 is 2.18 bits per heavy atom. The summed E-state index contributed by atoms with van der Waals surface area (Å²) in [5.74, 6) is -0.944. The molecule has 1 amide bonds. The molecule has 5 heteroatoms. The monoisotopic (exact) mass is 307 g/mol. The first-order chi connectivity index (χ1) is 10.2. The Hall–Kier alpha value is -2.04. The summed E-state index contributed by atoms with van der Waals surface area (Å²) in [6.07, 6.45) is 0. The number of anilines is 1. The van der Waals surface area contributed by atoms with Crippen LogP contribution in [0, 0.1) is 11.3 Å². The zero-order valence-electron chi connectivity index (χ0n) is 13.9. The molecule has 0 radical (unpaired) electrons. The fourth-order valence-corrected chi connectivity index (χ4v) is 1.95. The molecule has 0 aromatic heterocycles. The van der Waals surface area contributed by atoms with E-state index in [0.717, 1.165) is 5.75 Å². The largest absolute Gasteiger partial charge is 0.494 e. The molecule has 5 nitrogen and oxygen atoms in total. The van der Waals surface area contributed by atoms with Crippen molar-refractivity contribution in [3.63, 3.8) is 0 Å². The van der Waals surface area contributed by atoms with Crippen molar-refractivity contribution in [3.05, 3.63) is 24.3 Å². The number of rotatable bonds is 6. The Kier molecular flexibility index (Phi) is 5.97. The van der Waals surface area contributed by atoms with Gasteiger partial charge in [-0.15, -0.1) is 0 Å². The summed E-state index contributed by atoms with van der Waals surface area (Å²) >= 11 is 0. The first-order valence-electron chi connectivity index (χ1n) is 7.44. The number of aliphatic carboxylic acids is 1. The van der Waals surface area contributed by atoms with Gasteiger partial charge in [-0.3, -0.25) is 9.59 Å². The molecule has 0 fully saturated rings. The Morgan fingerprint density at radius 2 is 1.77 bits per heavy atom. The lowest BCUT2D eigenvalue weighted by molar-refractivity contribution is -0.140. The lowest BCUT2D eigenvalue weighted by Crippen LogP contribution is -2.43. The van der Waals surface area contributed by atoms with Crippen molar-refractivity contribution >= 4 is 17.6 Å². The van der Waals surface area contributed by atoms with Gasteiger partial charge in [-0.2, -0.15) is 0 Å². The molecule has 0 heterocycles. The number of nitrogens with zero attached hydrogens (tertiary/aromatic N) is 1. The highest BCUT2D eigenvalue weighted by Gasteiger charge is 2.30. The molecular formula is C17H25NO4. The number of carboxylic acids is 1. The zero-order chi connectivity index (χ0) is 16.9. The van der Waals surface area contributed by atoms with Crippen LogP contribution < -0.4 is 9.64 Å². The molecule has 1 atom stereocenters. The van der Waals surface area contributed by atoms with E-state index in [4.69, 9.17) is 9.84 Å². The number of hydrogen-bond donors (Lipinski definition) is 1. The third-order valence-corrected chi connectivity index (χ3v) is 3.22. The van der Waals surface area contributed by atoms with Gasteiger partial charge in [0.1, 0.15) is 5.75 Å². The van der Waals surface area contributed by atoms with Gasteiger partial charge in [-0.1, -0.05) is 27.7 Å². The predicted octanol–water partition coefficient (Wildman–Crippen LogP) is 3.19. The maximum Gasteiger partial charge on any atom is 0.308 e. The maximum absolute atomic E-state index is 12.6. The van der Waals surface area contributed by atoms with E-state index in [1.54, 1.807) is 31.2 Å². The van der Waals surface area contributed by atoms with Gasteiger partial charge in [0.25, 0.3) is 0 Å². The highest BCUT2D eigenvalue weighted by Crippen LogP contribution is 2.26. The summed E-state index contributed by atoms with van der Waals surface area (Å²) in [6, 6.07) is 7.13. The molecule has 122 valence electrons. The maximum atomic E-state index is 12.6. The lowest BCUT2D eigenvalue weighted by Gasteiger charge is -2.31. The molecule has 1 aromatic carbocycles. The second kappa shape index (κ2) is 7.29. The van der Waals surface area contributed by atoms with E-state index in [9.17, 15) is 9.59 Å². The number of benzene rings is 1. The molecule has 0 bridgehead atoms. The van der Waals surface area contributed by atoms with Gasteiger partial charge in [0.2, 0.25) is 5.91 Å². The summed E-state index contributed by atoms with van der Waals surface area (Å²) in [6.45, 7) is 9.67. The number of ether oxygens (including phenoxy) is 1. The quantitative estimate of drug-likeness (QED) is 0.876. The first kappa shape index (κ1) is 18.0. The molecule has 22 heavy (non-hydrogen) atoms. The van der Waals surface area contributed by atoms with Crippen LogP contribution in [-0.4, -0.2) is 30.1 Å². The second-order valence-electron chi connectivity index (χ2n) is 6.33. The van der Waals surface area contributed by atoms with Crippen LogP contribution in [0.15, 0.2) is 24.3 Å². The van der Waals surface area contributed by atoms with Crippen molar-refractivity contribution in [1.29, 1.82) is 0 Å². The van der Waals surface area contributed by atoms with Crippen LogP contribution in [0.5, 0.6) is 5.75 Å². The van der Waals surface area contributed by atoms with E-state index < -0.39 is 17.3 Å². The van der Waals surface area contributed by atoms with E-state index >= 15 is 0 Å². The molecule has 0 saturated heterocycles. The normalized spacial score (nSPS) is 12.6. The van der Waals surface area contributed by atoms with E-state index in [0.29, 0.717) is 12.3 Å². The van der Waals surface area contributed by atoms with Crippen LogP contribution in [0.2, 0.25) is 0 Å². The minimum absolute atomic E-state index is 0.107. The van der Waals surface area contributed by atoms with Crippen molar-refractivity contribution in [2.75, 3.05) is 18.1 Å². The lowest BCUT2D eigenvalue weighted by atomic mass is 9.93. The Labute approximate surface area is 131 Å². The van der Waals surface area contributed by atoms with Crippen molar-refractivity contribution in [1.82, 2.24) is 0 Å². The fourth-order valence-electron chi connectivity index (χ4n) is 1.95. The van der Waals surface area contributed by atoms with Crippen LogP contribution in [-0.2, 0) is 9.59 Å². The number of carbonyl (C=O) groups excluding carboxylic acids is 1. The molecule has 1 rings (SSSR count). The molecular weight excluding hydrogens is 282 g/mol. The SMILES string of the molecule is CCOc1ccc(N(CC(C)C(=O)O)C(=O)C(C)(C)C)cc1. The molecule has 1 N–H and O–H groups in total. The predicted molar refractivity (Wildman–Crippen MR) is 86.2 cm³/mol. The summed E-state index contributed by atoms with van der Waals surface area (Å²) in [4.78, 5) is 25.3. The Balaban J connectivity index is 3.08. The van der Waals surface area contributed by atoms with Crippen LogP contribution in [0.3, 0.4) is 0 Å². The Bertz CT molecular complexity index is 516. The number of carboxylic acid groups (broad SMARTS) is 1. The highest BCUT2D eigenvalue weighted by molar-refractivity contribution is 5.97. The van der Waals surface area contributed by atoms with Crippen molar-refractivity contribution < 1.29 is 19.4 Å². The molecule has 0 aliphatic rings. The van der Waals surface area contributed by atoms with Gasteiger partial charge in [0.15, 0.2) is 0 Å². The third-order valence-electron chi connectivity index (χ3n) is 3.22. The zero-order valence-corrected chi connectivity index (χ0v) is 13.9. The van der Waals surface area contributed by atoms with Crippen molar-refractivity contribution in [2.45, 2.75) is 34.6 Å². The number of carbonyl (C=O) groups is 2. The minimum Gasteiger partial charge on any atom is -0.494 e. The highest BCUT2D eigenvalue weighted by atomic mass is 16.5. The topological polar surface area (TPSA) is 66.8 Å². The van der Waals surface area contributed by atoms with Gasteiger partial charge in [-0.05, 0) is 31.2 Å².